The zero-order valence-corrected chi connectivity index (χ0v) is 12.0. The van der Waals surface area contributed by atoms with E-state index in [0.29, 0.717) is 0 Å². The Labute approximate surface area is 96.8 Å². The Morgan fingerprint density at radius 3 is 2.92 bits per heavy atom. The summed E-state index contributed by atoms with van der Waals surface area (Å²) in [4.78, 5) is 1.48. The third-order valence-electron chi connectivity index (χ3n) is 1.20. The van der Waals surface area contributed by atoms with E-state index in [2.05, 4.69) is 24.7 Å². The molecule has 0 radical (unpaired) electrons. The second-order valence-corrected chi connectivity index (χ2v) is 17.9. The Morgan fingerprint density at radius 2 is 2.23 bits per heavy atom. The molecule has 1 heterocycles. The van der Waals surface area contributed by atoms with Gasteiger partial charge in [0.25, 0.3) is 0 Å². The van der Waals surface area contributed by atoms with Crippen LogP contribution in [0.5, 0.6) is 0 Å². The molecule has 4 heteroatoms. The van der Waals surface area contributed by atoms with Crippen molar-refractivity contribution < 1.29 is 0 Å². The molecule has 1 aliphatic rings. The molecule has 0 aliphatic carbocycles. The summed E-state index contributed by atoms with van der Waals surface area (Å²) >= 11 is 0.631. The van der Waals surface area contributed by atoms with Gasteiger partial charge in [0.15, 0.2) is 0 Å². The van der Waals surface area contributed by atoms with E-state index in [1.165, 1.54) is 10.7 Å². The van der Waals surface area contributed by atoms with Crippen LogP contribution in [0, 0.1) is 24.7 Å². The molecule has 0 fully saturated rings. The summed E-state index contributed by atoms with van der Waals surface area (Å²) in [5, 5.41) is 0. The molecule has 68 valence electrons. The first-order chi connectivity index (χ1) is 6.36. The molecule has 0 aromatic carbocycles. The molecule has 0 spiro atoms. The van der Waals surface area contributed by atoms with Crippen LogP contribution in [0.3, 0.4) is 0 Å². The van der Waals surface area contributed by atoms with E-state index in [1.807, 2.05) is 8.85 Å². The zero-order valence-electron chi connectivity index (χ0n) is 7.03. The van der Waals surface area contributed by atoms with Crippen molar-refractivity contribution in [3.8, 4) is 24.7 Å². The summed E-state index contributed by atoms with van der Waals surface area (Å²) in [5.74, 6) is 8.18. The molecule has 0 unspecified atom stereocenters. The van der Waals surface area contributed by atoms with Crippen LogP contribution in [0.25, 0.3) is 0 Å². The summed E-state index contributed by atoms with van der Waals surface area (Å²) in [5.41, 5.74) is 0. The maximum atomic E-state index is 5.22. The predicted molar refractivity (Wildman–Crippen MR) is 68.9 cm³/mol. The normalized spacial score (nSPS) is 16.3. The Morgan fingerprint density at radius 1 is 1.46 bits per heavy atom. The second-order valence-electron chi connectivity index (χ2n) is 2.12. The van der Waals surface area contributed by atoms with E-state index in [9.17, 15) is 0 Å². The number of terminal acetylenes is 2. The fraction of sp³-hybridized carbons (Fsp3) is 0.333. The minimum atomic E-state index is -1.18. The molecular formula is C9H9S3Sb. The molecule has 0 bridgehead atoms. The van der Waals surface area contributed by atoms with Crippen LogP contribution in [0.4, 0.5) is 0 Å². The van der Waals surface area contributed by atoms with E-state index in [4.69, 9.17) is 12.8 Å². The number of rotatable bonds is 4. The van der Waals surface area contributed by atoms with Crippen molar-refractivity contribution in [2.24, 2.45) is 0 Å². The fourth-order valence-electron chi connectivity index (χ4n) is 0.708. The van der Waals surface area contributed by atoms with Gasteiger partial charge in [-0.1, -0.05) is 0 Å². The van der Waals surface area contributed by atoms with Crippen molar-refractivity contribution in [2.75, 3.05) is 17.3 Å². The molecule has 0 aromatic heterocycles. The van der Waals surface area contributed by atoms with Crippen molar-refractivity contribution in [1.29, 1.82) is 0 Å². The van der Waals surface area contributed by atoms with Crippen molar-refractivity contribution in [3.63, 3.8) is 0 Å². The third-order valence-corrected chi connectivity index (χ3v) is 17.8. The van der Waals surface area contributed by atoms with Gasteiger partial charge in [0.2, 0.25) is 0 Å². The first-order valence-corrected chi connectivity index (χ1v) is 14.2. The van der Waals surface area contributed by atoms with Gasteiger partial charge < -0.3 is 0 Å². The molecular weight excluding hydrogens is 326 g/mol. The molecule has 0 atom stereocenters. The Bertz CT molecular complexity index is 272. The molecule has 0 aromatic rings. The van der Waals surface area contributed by atoms with Crippen molar-refractivity contribution in [2.45, 2.75) is 0 Å². The molecule has 0 amide bonds. The summed E-state index contributed by atoms with van der Waals surface area (Å²) < 4.78 is 2.46. The third kappa shape index (κ3) is 4.66. The molecule has 1 aliphatic heterocycles. The molecule has 0 saturated heterocycles. The van der Waals surface area contributed by atoms with E-state index in [1.54, 1.807) is 11.8 Å². The summed E-state index contributed by atoms with van der Waals surface area (Å²) in [6.45, 7) is 0. The number of hydrogen-bond acceptors (Lipinski definition) is 3. The van der Waals surface area contributed by atoms with Crippen molar-refractivity contribution in [1.82, 2.24) is 0 Å². The average Bonchev–Trinajstić information content (AvgIpc) is 2.59. The van der Waals surface area contributed by atoms with E-state index in [0.717, 1.165) is 11.5 Å². The van der Waals surface area contributed by atoms with Gasteiger partial charge in [-0.2, -0.15) is 0 Å². The fourth-order valence-corrected chi connectivity index (χ4v) is 17.9. The van der Waals surface area contributed by atoms with Crippen molar-refractivity contribution in [3.05, 3.63) is 8.93 Å². The number of hydrogen-bond donors (Lipinski definition) is 0. The van der Waals surface area contributed by atoms with Gasteiger partial charge >= 0.3 is 97.7 Å². The monoisotopic (exact) mass is 334 g/mol. The van der Waals surface area contributed by atoms with Gasteiger partial charge in [0.1, 0.15) is 0 Å². The molecule has 0 nitrogen and oxygen atoms in total. The maximum absolute atomic E-state index is 5.22. The van der Waals surface area contributed by atoms with Gasteiger partial charge in [-0.15, -0.1) is 0 Å². The number of thioether (sulfide) groups is 1. The topological polar surface area (TPSA) is 0 Å². The van der Waals surface area contributed by atoms with Crippen LogP contribution in [0.1, 0.15) is 0 Å². The standard InChI is InChI=1S/C6H7S2.C3H4S.Sb/c1-3-4-8-6(2)5-7;1-2-3-4;/h1-2,7H,4-5H2;1,4H,3H2;/q;;+2/p-2. The van der Waals surface area contributed by atoms with Crippen molar-refractivity contribution >= 4 is 46.9 Å². The molecule has 13 heavy (non-hydrogen) atoms. The minimum absolute atomic E-state index is 0.806. The Kier molecular flexibility index (Phi) is 6.42. The van der Waals surface area contributed by atoms with E-state index < -0.39 is 17.4 Å². The van der Waals surface area contributed by atoms with E-state index >= 15 is 0 Å². The van der Waals surface area contributed by atoms with Crippen LogP contribution >= 0.6 is 29.5 Å². The average molecular weight is 335 g/mol. The van der Waals surface area contributed by atoms with Gasteiger partial charge in [0.05, 0.1) is 0 Å². The van der Waals surface area contributed by atoms with Crippen LogP contribution in [0.15, 0.2) is 8.93 Å². The van der Waals surface area contributed by atoms with Crippen LogP contribution in [-0.4, -0.2) is 34.7 Å². The van der Waals surface area contributed by atoms with Gasteiger partial charge in [-0.05, 0) is 0 Å². The Balaban J connectivity index is 2.28. The molecule has 0 N–H and O–H groups in total. The SMILES string of the molecule is C#CCSC1=[CH][Sb]([S]CC#C)[S]C1. The second kappa shape index (κ2) is 7.08. The quantitative estimate of drug-likeness (QED) is 0.572. The molecule has 1 rings (SSSR count). The van der Waals surface area contributed by atoms with Crippen LogP contribution in [-0.2, 0) is 0 Å². The first-order valence-electron chi connectivity index (χ1n) is 3.62. The summed E-state index contributed by atoms with van der Waals surface area (Å²) in [6.07, 6.45) is 10.4. The predicted octanol–water partition coefficient (Wildman–Crippen LogP) is 2.38. The van der Waals surface area contributed by atoms with Gasteiger partial charge in [-0.3, -0.25) is 0 Å². The molecule has 0 saturated carbocycles. The summed E-state index contributed by atoms with van der Waals surface area (Å²) in [7, 11) is 4.10. The van der Waals surface area contributed by atoms with E-state index in [-0.39, 0.29) is 0 Å². The van der Waals surface area contributed by atoms with Crippen LogP contribution < -0.4 is 0 Å². The van der Waals surface area contributed by atoms with Gasteiger partial charge in [0, 0.05) is 0 Å². The first kappa shape index (κ1) is 11.8. The summed E-state index contributed by atoms with van der Waals surface area (Å²) in [6, 6.07) is 0. The Hall–Kier alpha value is 0.728. The van der Waals surface area contributed by atoms with Gasteiger partial charge in [-0.25, -0.2) is 0 Å². The van der Waals surface area contributed by atoms with Crippen LogP contribution in [0.2, 0.25) is 0 Å². The zero-order chi connectivity index (χ0) is 9.52.